The van der Waals surface area contributed by atoms with Gasteiger partial charge in [0.15, 0.2) is 0 Å². The Balaban J connectivity index is 1.76. The smallest absolute Gasteiger partial charge is 0.277 e. The van der Waals surface area contributed by atoms with Crippen molar-refractivity contribution in [1.82, 2.24) is 5.32 Å². The summed E-state index contributed by atoms with van der Waals surface area (Å²) in [7, 11) is 0. The molecular formula is C23H29BrN2O4. The van der Waals surface area contributed by atoms with E-state index in [0.29, 0.717) is 46.5 Å². The largest absolute Gasteiger partial charge is 0.485 e. The van der Waals surface area contributed by atoms with E-state index >= 15 is 0 Å². The fraction of sp³-hybridized carbons (Fsp3) is 0.696. The number of hydrogen-bond donors (Lipinski definition) is 1. The molecule has 2 heterocycles. The van der Waals surface area contributed by atoms with Crippen LogP contribution in [0.2, 0.25) is 0 Å². The first-order valence-electron chi connectivity index (χ1n) is 11.0. The molecule has 1 spiro atoms. The lowest BCUT2D eigenvalue weighted by atomic mass is 9.44. The Morgan fingerprint density at radius 2 is 1.97 bits per heavy atom. The van der Waals surface area contributed by atoms with Crippen molar-refractivity contribution in [2.24, 2.45) is 22.7 Å². The lowest BCUT2D eigenvalue weighted by Gasteiger charge is -2.67. The Kier molecular flexibility index (Phi) is 4.20. The van der Waals surface area contributed by atoms with Crippen molar-refractivity contribution >= 4 is 27.5 Å². The second-order valence-corrected chi connectivity index (χ2v) is 11.7. The summed E-state index contributed by atoms with van der Waals surface area (Å²) in [6.07, 6.45) is 4.76. The summed E-state index contributed by atoms with van der Waals surface area (Å²) in [6, 6.07) is 1.46. The molecule has 2 fully saturated rings. The highest BCUT2D eigenvalue weighted by atomic mass is 79.9. The Morgan fingerprint density at radius 3 is 2.67 bits per heavy atom. The Labute approximate surface area is 185 Å². The van der Waals surface area contributed by atoms with Crippen molar-refractivity contribution in [3.63, 3.8) is 0 Å². The van der Waals surface area contributed by atoms with E-state index in [-0.39, 0.29) is 32.9 Å². The van der Waals surface area contributed by atoms with E-state index in [4.69, 9.17) is 4.74 Å². The van der Waals surface area contributed by atoms with Crippen LogP contribution in [0.25, 0.3) is 0 Å². The molecule has 2 aliphatic heterocycles. The van der Waals surface area contributed by atoms with Crippen LogP contribution in [0.3, 0.4) is 0 Å². The number of rotatable bonds is 1. The standard InChI is InChI=1S/C23H29BrN2O4/c1-12-5-6-17-21(2,3)18(24)7-8-23(17)22(12,4)10-14-16(26(28)29)9-13-15(19(14)30-23)11-25-20(13)27/h9,12,17-18H,5-8,10-11H2,1-4H3,(H,25,27)/t12-,17-,18?,22+,23-/m0/s1. The maximum absolute atomic E-state index is 12.4. The van der Waals surface area contributed by atoms with E-state index in [0.717, 1.165) is 31.2 Å². The first-order chi connectivity index (χ1) is 14.0. The zero-order valence-electron chi connectivity index (χ0n) is 18.0. The molecule has 2 saturated carbocycles. The molecule has 6 nitrogen and oxygen atoms in total. The summed E-state index contributed by atoms with van der Waals surface area (Å²) < 4.78 is 7.05. The molecule has 0 radical (unpaired) electrons. The van der Waals surface area contributed by atoms with Crippen LogP contribution < -0.4 is 10.1 Å². The molecule has 0 bridgehead atoms. The van der Waals surface area contributed by atoms with Crippen LogP contribution >= 0.6 is 15.9 Å². The van der Waals surface area contributed by atoms with Crippen molar-refractivity contribution in [3.8, 4) is 5.75 Å². The van der Waals surface area contributed by atoms with Crippen molar-refractivity contribution < 1.29 is 14.5 Å². The van der Waals surface area contributed by atoms with E-state index < -0.39 is 0 Å². The molecule has 4 aliphatic rings. The minimum Gasteiger partial charge on any atom is -0.485 e. The molecule has 5 atom stereocenters. The number of alkyl halides is 1. The highest BCUT2D eigenvalue weighted by Crippen LogP contribution is 2.67. The quantitative estimate of drug-likeness (QED) is 0.345. The van der Waals surface area contributed by atoms with Gasteiger partial charge in [-0.2, -0.15) is 0 Å². The summed E-state index contributed by atoms with van der Waals surface area (Å²) in [5.74, 6) is 1.11. The van der Waals surface area contributed by atoms with Crippen molar-refractivity contribution in [2.45, 2.75) is 76.8 Å². The van der Waals surface area contributed by atoms with Gasteiger partial charge in [-0.3, -0.25) is 14.9 Å². The minimum atomic E-state index is -0.375. The van der Waals surface area contributed by atoms with Gasteiger partial charge in [-0.05, 0) is 43.4 Å². The van der Waals surface area contributed by atoms with Crippen LogP contribution in [-0.2, 0) is 13.0 Å². The topological polar surface area (TPSA) is 81.5 Å². The fourth-order valence-corrected chi connectivity index (χ4v) is 7.64. The van der Waals surface area contributed by atoms with Gasteiger partial charge in [-0.15, -0.1) is 0 Å². The van der Waals surface area contributed by atoms with Crippen LogP contribution in [0.1, 0.15) is 74.9 Å². The number of fused-ring (bicyclic) bond motifs is 3. The van der Waals surface area contributed by atoms with Crippen molar-refractivity contribution in [3.05, 3.63) is 32.9 Å². The summed E-state index contributed by atoms with van der Waals surface area (Å²) >= 11 is 3.94. The normalized spacial score (nSPS) is 38.4. The molecule has 162 valence electrons. The average molecular weight is 477 g/mol. The maximum Gasteiger partial charge on any atom is 0.277 e. The van der Waals surface area contributed by atoms with Crippen LogP contribution in [-0.4, -0.2) is 21.3 Å². The molecule has 7 heteroatoms. The van der Waals surface area contributed by atoms with Gasteiger partial charge in [0, 0.05) is 34.3 Å². The summed E-state index contributed by atoms with van der Waals surface area (Å²) in [5.41, 5.74) is 1.38. The molecule has 1 N–H and O–H groups in total. The van der Waals surface area contributed by atoms with Gasteiger partial charge in [-0.1, -0.05) is 43.6 Å². The summed E-state index contributed by atoms with van der Waals surface area (Å²) in [6.45, 7) is 9.61. The van der Waals surface area contributed by atoms with Gasteiger partial charge in [0.25, 0.3) is 11.6 Å². The molecule has 5 rings (SSSR count). The number of carbonyl (C=O) groups is 1. The Hall–Kier alpha value is -1.63. The van der Waals surface area contributed by atoms with E-state index in [1.165, 1.54) is 6.07 Å². The first-order valence-corrected chi connectivity index (χ1v) is 11.9. The average Bonchev–Trinajstić information content (AvgIpc) is 3.05. The van der Waals surface area contributed by atoms with E-state index in [9.17, 15) is 14.9 Å². The van der Waals surface area contributed by atoms with Crippen molar-refractivity contribution in [2.75, 3.05) is 0 Å². The summed E-state index contributed by atoms with van der Waals surface area (Å²) in [4.78, 5) is 24.4. The molecule has 0 aromatic heterocycles. The maximum atomic E-state index is 12.4. The molecule has 0 saturated heterocycles. The molecule has 30 heavy (non-hydrogen) atoms. The second kappa shape index (κ2) is 6.21. The predicted molar refractivity (Wildman–Crippen MR) is 117 cm³/mol. The van der Waals surface area contributed by atoms with Crippen molar-refractivity contribution in [1.29, 1.82) is 0 Å². The minimum absolute atomic E-state index is 0.0274. The molecule has 1 amide bonds. The number of ether oxygens (including phenoxy) is 1. The van der Waals surface area contributed by atoms with E-state index in [1.54, 1.807) is 0 Å². The number of amides is 1. The number of halogens is 1. The van der Waals surface area contributed by atoms with Gasteiger partial charge in [0.1, 0.15) is 11.4 Å². The molecule has 1 unspecified atom stereocenters. The van der Waals surface area contributed by atoms with Crippen LogP contribution in [0.4, 0.5) is 5.69 Å². The van der Waals surface area contributed by atoms with E-state index in [2.05, 4.69) is 48.9 Å². The summed E-state index contributed by atoms with van der Waals surface area (Å²) in [5, 5.41) is 14.8. The number of carbonyl (C=O) groups excluding carboxylic acids is 1. The van der Waals surface area contributed by atoms with Gasteiger partial charge in [-0.25, -0.2) is 0 Å². The number of hydrogen-bond acceptors (Lipinski definition) is 4. The lowest BCUT2D eigenvalue weighted by molar-refractivity contribution is -0.386. The van der Waals surface area contributed by atoms with Gasteiger partial charge in [0.05, 0.1) is 16.1 Å². The molecule has 2 aliphatic carbocycles. The third kappa shape index (κ3) is 2.33. The predicted octanol–water partition coefficient (Wildman–Crippen LogP) is 5.15. The number of nitro groups is 1. The second-order valence-electron chi connectivity index (χ2n) is 10.6. The van der Waals surface area contributed by atoms with Crippen LogP contribution in [0.15, 0.2) is 6.07 Å². The van der Waals surface area contributed by atoms with Gasteiger partial charge < -0.3 is 10.1 Å². The zero-order chi connectivity index (χ0) is 21.6. The monoisotopic (exact) mass is 476 g/mol. The fourth-order valence-electron chi connectivity index (χ4n) is 7.09. The van der Waals surface area contributed by atoms with Crippen LogP contribution in [0, 0.1) is 32.8 Å². The van der Waals surface area contributed by atoms with Gasteiger partial charge in [0.2, 0.25) is 0 Å². The van der Waals surface area contributed by atoms with E-state index in [1.807, 2.05) is 0 Å². The number of nitrogens with zero attached hydrogens (tertiary/aromatic N) is 1. The zero-order valence-corrected chi connectivity index (χ0v) is 19.6. The number of benzene rings is 1. The lowest BCUT2D eigenvalue weighted by Crippen LogP contribution is -2.69. The first kappa shape index (κ1) is 20.3. The SMILES string of the molecule is C[C@H]1CC[C@H]2C(C)(C)C(Br)CC[C@]23Oc2c4c(cc([N+](=O)[O-])c2C[C@]13C)C(=O)NC4. The molecule has 1 aromatic rings. The highest BCUT2D eigenvalue weighted by Gasteiger charge is 2.68. The third-order valence-corrected chi connectivity index (χ3v) is 10.8. The number of nitro benzene ring substituents is 1. The highest BCUT2D eigenvalue weighted by molar-refractivity contribution is 9.09. The Morgan fingerprint density at radius 1 is 1.23 bits per heavy atom. The van der Waals surface area contributed by atoms with Gasteiger partial charge >= 0.3 is 0 Å². The van der Waals surface area contributed by atoms with Crippen LogP contribution in [0.5, 0.6) is 5.75 Å². The molecule has 1 aromatic carbocycles. The third-order valence-electron chi connectivity index (χ3n) is 9.14. The number of nitrogens with one attached hydrogen (secondary N) is 1. The molecular weight excluding hydrogens is 448 g/mol. The Bertz CT molecular complexity index is 976.